The van der Waals surface area contributed by atoms with Gasteiger partial charge in [0, 0.05) is 24.8 Å². The quantitative estimate of drug-likeness (QED) is 0.793. The van der Waals surface area contributed by atoms with Gasteiger partial charge in [-0.15, -0.1) is 11.3 Å². The molecule has 1 unspecified atom stereocenters. The predicted octanol–water partition coefficient (Wildman–Crippen LogP) is 2.57. The molecule has 0 saturated carbocycles. The van der Waals surface area contributed by atoms with Gasteiger partial charge >= 0.3 is 0 Å². The lowest BCUT2D eigenvalue weighted by molar-refractivity contribution is 0.0275. The van der Waals surface area contributed by atoms with Gasteiger partial charge in [0.2, 0.25) is 0 Å². The zero-order chi connectivity index (χ0) is 13.6. The molecule has 0 amide bonds. The second-order valence-electron chi connectivity index (χ2n) is 4.59. The summed E-state index contributed by atoms with van der Waals surface area (Å²) in [6, 6.07) is 10.2. The summed E-state index contributed by atoms with van der Waals surface area (Å²) >= 11 is 1.66. The van der Waals surface area contributed by atoms with Gasteiger partial charge in [0.15, 0.2) is 0 Å². The van der Waals surface area contributed by atoms with Gasteiger partial charge in [0.05, 0.1) is 23.6 Å². The second kappa shape index (κ2) is 6.67. The van der Waals surface area contributed by atoms with E-state index in [4.69, 9.17) is 4.74 Å². The third-order valence-electron chi connectivity index (χ3n) is 3.26. The Balaban J connectivity index is 1.84. The lowest BCUT2D eigenvalue weighted by atomic mass is 10.1. The molecule has 20 heavy (non-hydrogen) atoms. The predicted molar refractivity (Wildman–Crippen MR) is 80.6 cm³/mol. The first kappa shape index (κ1) is 13.3. The molecule has 3 nitrogen and oxygen atoms in total. The maximum absolute atomic E-state index is 5.43. The number of benzene rings is 1. The summed E-state index contributed by atoms with van der Waals surface area (Å²) in [6.07, 6.45) is 1.92. The standard InChI is InChI=1S/C16H16N2OS/c1-2-4-14(5-3-1)6-7-15(16-12-17-13-20-16)18-8-10-19-11-9-18/h1-5,12-13,15H,8-11H2. The van der Waals surface area contributed by atoms with Crippen molar-refractivity contribution in [3.63, 3.8) is 0 Å². The van der Waals surface area contributed by atoms with E-state index in [0.717, 1.165) is 31.9 Å². The first-order valence-electron chi connectivity index (χ1n) is 6.70. The summed E-state index contributed by atoms with van der Waals surface area (Å²) in [5, 5.41) is 0. The van der Waals surface area contributed by atoms with Crippen LogP contribution >= 0.6 is 11.3 Å². The van der Waals surface area contributed by atoms with Gasteiger partial charge in [-0.1, -0.05) is 30.0 Å². The van der Waals surface area contributed by atoms with Crippen molar-refractivity contribution < 1.29 is 4.74 Å². The highest BCUT2D eigenvalue weighted by Crippen LogP contribution is 2.24. The molecule has 0 aliphatic carbocycles. The molecule has 102 valence electrons. The van der Waals surface area contributed by atoms with Crippen molar-refractivity contribution in [2.24, 2.45) is 0 Å². The molecule has 0 spiro atoms. The number of aromatic nitrogens is 1. The number of nitrogens with zero attached hydrogens (tertiary/aromatic N) is 2. The van der Waals surface area contributed by atoms with Crippen LogP contribution in [0.5, 0.6) is 0 Å². The number of thiazole rings is 1. The number of rotatable bonds is 2. The molecule has 0 N–H and O–H groups in total. The molecular formula is C16H16N2OS. The summed E-state index contributed by atoms with van der Waals surface area (Å²) in [4.78, 5) is 7.76. The first-order chi connectivity index (χ1) is 9.93. The highest BCUT2D eigenvalue weighted by molar-refractivity contribution is 7.09. The zero-order valence-electron chi connectivity index (χ0n) is 11.2. The van der Waals surface area contributed by atoms with Crippen molar-refractivity contribution >= 4 is 11.3 Å². The fourth-order valence-electron chi connectivity index (χ4n) is 2.21. The molecule has 1 atom stereocenters. The Hall–Kier alpha value is -1.67. The van der Waals surface area contributed by atoms with Crippen LogP contribution < -0.4 is 0 Å². The van der Waals surface area contributed by atoms with Gasteiger partial charge in [-0.05, 0) is 12.1 Å². The molecule has 1 saturated heterocycles. The Morgan fingerprint density at radius 1 is 1.20 bits per heavy atom. The number of hydrogen-bond acceptors (Lipinski definition) is 4. The Kier molecular flexibility index (Phi) is 4.44. The molecule has 1 aromatic heterocycles. The molecule has 1 fully saturated rings. The van der Waals surface area contributed by atoms with E-state index < -0.39 is 0 Å². The van der Waals surface area contributed by atoms with Crippen LogP contribution in [0.25, 0.3) is 0 Å². The van der Waals surface area contributed by atoms with Crippen LogP contribution in [0.15, 0.2) is 42.0 Å². The topological polar surface area (TPSA) is 25.4 Å². The Morgan fingerprint density at radius 2 is 2.00 bits per heavy atom. The lowest BCUT2D eigenvalue weighted by Crippen LogP contribution is -2.38. The van der Waals surface area contributed by atoms with E-state index in [1.807, 2.05) is 42.0 Å². The molecule has 4 heteroatoms. The normalized spacial score (nSPS) is 17.2. The van der Waals surface area contributed by atoms with Crippen molar-refractivity contribution in [3.8, 4) is 11.8 Å². The fraction of sp³-hybridized carbons (Fsp3) is 0.312. The van der Waals surface area contributed by atoms with E-state index in [-0.39, 0.29) is 6.04 Å². The first-order valence-corrected chi connectivity index (χ1v) is 7.58. The highest BCUT2D eigenvalue weighted by Gasteiger charge is 2.21. The van der Waals surface area contributed by atoms with Crippen LogP contribution in [0.4, 0.5) is 0 Å². The molecule has 1 aliphatic heterocycles. The van der Waals surface area contributed by atoms with Gasteiger partial charge in [-0.25, -0.2) is 0 Å². The van der Waals surface area contributed by atoms with Gasteiger partial charge in [-0.2, -0.15) is 0 Å². The third-order valence-corrected chi connectivity index (χ3v) is 4.09. The largest absolute Gasteiger partial charge is 0.379 e. The summed E-state index contributed by atoms with van der Waals surface area (Å²) in [7, 11) is 0. The molecule has 1 aromatic carbocycles. The zero-order valence-corrected chi connectivity index (χ0v) is 12.0. The summed E-state index contributed by atoms with van der Waals surface area (Å²) < 4.78 is 5.43. The number of hydrogen-bond donors (Lipinski definition) is 0. The second-order valence-corrected chi connectivity index (χ2v) is 5.51. The van der Waals surface area contributed by atoms with Gasteiger partial charge in [0.25, 0.3) is 0 Å². The molecule has 3 rings (SSSR count). The molecule has 1 aliphatic rings. The van der Waals surface area contributed by atoms with Gasteiger partial charge in [-0.3, -0.25) is 9.88 Å². The molecule has 2 heterocycles. The van der Waals surface area contributed by atoms with Crippen LogP contribution in [0.2, 0.25) is 0 Å². The highest BCUT2D eigenvalue weighted by atomic mass is 32.1. The Morgan fingerprint density at radius 3 is 2.70 bits per heavy atom. The van der Waals surface area contributed by atoms with Crippen LogP contribution in [-0.4, -0.2) is 36.2 Å². The van der Waals surface area contributed by atoms with Gasteiger partial charge < -0.3 is 4.74 Å². The Bertz CT molecular complexity index is 580. The monoisotopic (exact) mass is 284 g/mol. The fourth-order valence-corrected chi connectivity index (χ4v) is 2.91. The SMILES string of the molecule is C(#CC(c1cncs1)N1CCOCC1)c1ccccc1. The summed E-state index contributed by atoms with van der Waals surface area (Å²) in [5.74, 6) is 6.68. The average molecular weight is 284 g/mol. The smallest absolute Gasteiger partial charge is 0.108 e. The molecule has 2 aromatic rings. The van der Waals surface area contributed by atoms with Crippen molar-refractivity contribution in [2.45, 2.75) is 6.04 Å². The lowest BCUT2D eigenvalue weighted by Gasteiger charge is -2.30. The maximum atomic E-state index is 5.43. The van der Waals surface area contributed by atoms with Crippen LogP contribution in [-0.2, 0) is 4.74 Å². The minimum Gasteiger partial charge on any atom is -0.379 e. The molecular weight excluding hydrogens is 268 g/mol. The van der Waals surface area contributed by atoms with Crippen molar-refractivity contribution in [3.05, 3.63) is 52.5 Å². The van der Waals surface area contributed by atoms with E-state index >= 15 is 0 Å². The van der Waals surface area contributed by atoms with E-state index in [0.29, 0.717) is 0 Å². The minimum atomic E-state index is 0.117. The van der Waals surface area contributed by atoms with E-state index in [9.17, 15) is 0 Å². The van der Waals surface area contributed by atoms with Crippen LogP contribution in [0.3, 0.4) is 0 Å². The Labute approximate surface area is 123 Å². The van der Waals surface area contributed by atoms with Gasteiger partial charge in [0.1, 0.15) is 6.04 Å². The van der Waals surface area contributed by atoms with Crippen LogP contribution in [0, 0.1) is 11.8 Å². The average Bonchev–Trinajstić information content (AvgIpc) is 3.04. The number of ether oxygens (including phenoxy) is 1. The van der Waals surface area contributed by atoms with E-state index in [1.54, 1.807) is 11.3 Å². The van der Waals surface area contributed by atoms with E-state index in [1.165, 1.54) is 4.88 Å². The third kappa shape index (κ3) is 3.26. The molecule has 0 radical (unpaired) electrons. The van der Waals surface area contributed by atoms with Crippen molar-refractivity contribution in [1.29, 1.82) is 0 Å². The summed E-state index contributed by atoms with van der Waals surface area (Å²) in [5.41, 5.74) is 2.92. The van der Waals surface area contributed by atoms with E-state index in [2.05, 4.69) is 21.7 Å². The minimum absolute atomic E-state index is 0.117. The number of morpholine rings is 1. The van der Waals surface area contributed by atoms with Crippen molar-refractivity contribution in [2.75, 3.05) is 26.3 Å². The molecule has 0 bridgehead atoms. The van der Waals surface area contributed by atoms with Crippen molar-refractivity contribution in [1.82, 2.24) is 9.88 Å². The maximum Gasteiger partial charge on any atom is 0.108 e. The van der Waals surface area contributed by atoms with Crippen LogP contribution in [0.1, 0.15) is 16.5 Å². The summed E-state index contributed by atoms with van der Waals surface area (Å²) in [6.45, 7) is 3.41.